The van der Waals surface area contributed by atoms with Gasteiger partial charge >= 0.3 is 0 Å². The molecule has 1 aromatic rings. The Labute approximate surface area is 91.5 Å². The van der Waals surface area contributed by atoms with Crippen molar-refractivity contribution in [2.75, 3.05) is 25.5 Å². The number of pyridine rings is 1. The Morgan fingerprint density at radius 2 is 2.47 bits per heavy atom. The van der Waals surface area contributed by atoms with E-state index < -0.39 is 0 Å². The summed E-state index contributed by atoms with van der Waals surface area (Å²) < 4.78 is 0. The van der Waals surface area contributed by atoms with E-state index in [2.05, 4.69) is 28.3 Å². The van der Waals surface area contributed by atoms with Crippen LogP contribution in [0.15, 0.2) is 18.3 Å². The quantitative estimate of drug-likeness (QED) is 0.817. The van der Waals surface area contributed by atoms with Crippen LogP contribution in [0, 0.1) is 6.92 Å². The highest BCUT2D eigenvalue weighted by molar-refractivity contribution is 5.43. The van der Waals surface area contributed by atoms with Gasteiger partial charge in [0.05, 0.1) is 0 Å². The average molecular weight is 205 g/mol. The van der Waals surface area contributed by atoms with Gasteiger partial charge in [0.15, 0.2) is 0 Å². The van der Waals surface area contributed by atoms with Crippen molar-refractivity contribution < 1.29 is 0 Å². The van der Waals surface area contributed by atoms with Gasteiger partial charge in [-0.1, -0.05) is 0 Å². The van der Waals surface area contributed by atoms with Crippen molar-refractivity contribution in [3.05, 3.63) is 24.0 Å². The number of anilines is 1. The summed E-state index contributed by atoms with van der Waals surface area (Å²) in [7, 11) is 2.21. The van der Waals surface area contributed by atoms with E-state index in [1.807, 2.05) is 19.2 Å². The Kier molecular flexibility index (Phi) is 3.21. The Bertz CT molecular complexity index is 324. The summed E-state index contributed by atoms with van der Waals surface area (Å²) in [6.07, 6.45) is 4.50. The van der Waals surface area contributed by atoms with E-state index in [0.29, 0.717) is 6.04 Å². The molecule has 0 amide bonds. The molecule has 0 radical (unpaired) electrons. The minimum absolute atomic E-state index is 0.693. The molecule has 82 valence electrons. The number of aromatic nitrogens is 1. The molecule has 3 heteroatoms. The topological polar surface area (TPSA) is 28.2 Å². The number of rotatable bonds is 3. The highest BCUT2D eigenvalue weighted by atomic mass is 15.2. The van der Waals surface area contributed by atoms with Crippen molar-refractivity contribution >= 4 is 5.69 Å². The molecule has 2 rings (SSSR count). The van der Waals surface area contributed by atoms with Gasteiger partial charge in [-0.2, -0.15) is 0 Å². The molecule has 1 saturated heterocycles. The molecule has 0 aliphatic carbocycles. The summed E-state index contributed by atoms with van der Waals surface area (Å²) in [5, 5.41) is 3.48. The van der Waals surface area contributed by atoms with Crippen LogP contribution >= 0.6 is 0 Å². The fourth-order valence-electron chi connectivity index (χ4n) is 2.13. The Morgan fingerprint density at radius 3 is 3.13 bits per heavy atom. The number of hydrogen-bond donors (Lipinski definition) is 1. The largest absolute Gasteiger partial charge is 0.383 e. The van der Waals surface area contributed by atoms with E-state index in [-0.39, 0.29) is 0 Å². The molecule has 1 unspecified atom stereocenters. The lowest BCUT2D eigenvalue weighted by Gasteiger charge is -2.20. The third-order valence-electron chi connectivity index (χ3n) is 3.11. The van der Waals surface area contributed by atoms with Crippen molar-refractivity contribution in [2.24, 2.45) is 0 Å². The predicted molar refractivity (Wildman–Crippen MR) is 63.1 cm³/mol. The molecule has 1 aliphatic rings. The van der Waals surface area contributed by atoms with Crippen LogP contribution in [0.25, 0.3) is 0 Å². The lowest BCUT2D eigenvalue weighted by atomic mass is 10.2. The van der Waals surface area contributed by atoms with Gasteiger partial charge < -0.3 is 10.2 Å². The highest BCUT2D eigenvalue weighted by Crippen LogP contribution is 2.15. The summed E-state index contributed by atoms with van der Waals surface area (Å²) in [5.41, 5.74) is 2.25. The van der Waals surface area contributed by atoms with Gasteiger partial charge in [0.1, 0.15) is 0 Å². The van der Waals surface area contributed by atoms with E-state index in [9.17, 15) is 0 Å². The number of nitrogens with one attached hydrogen (secondary N) is 1. The molecule has 0 spiro atoms. The summed E-state index contributed by atoms with van der Waals surface area (Å²) in [5.74, 6) is 0. The first-order valence-corrected chi connectivity index (χ1v) is 5.62. The molecule has 0 bridgehead atoms. The third-order valence-corrected chi connectivity index (χ3v) is 3.11. The van der Waals surface area contributed by atoms with Crippen LogP contribution < -0.4 is 5.32 Å². The zero-order valence-electron chi connectivity index (χ0n) is 9.53. The minimum Gasteiger partial charge on any atom is -0.383 e. The average Bonchev–Trinajstić information content (AvgIpc) is 2.61. The molecule has 1 N–H and O–H groups in total. The molecule has 0 aromatic carbocycles. The second kappa shape index (κ2) is 4.62. The Morgan fingerprint density at radius 1 is 1.60 bits per heavy atom. The van der Waals surface area contributed by atoms with Crippen LogP contribution in [-0.4, -0.2) is 36.1 Å². The predicted octanol–water partition coefficient (Wildman–Crippen LogP) is 1.90. The van der Waals surface area contributed by atoms with Gasteiger partial charge in [-0.3, -0.25) is 4.98 Å². The van der Waals surface area contributed by atoms with Crippen molar-refractivity contribution in [2.45, 2.75) is 25.8 Å². The van der Waals surface area contributed by atoms with Gasteiger partial charge in [-0.25, -0.2) is 0 Å². The lowest BCUT2D eigenvalue weighted by molar-refractivity contribution is 0.322. The first kappa shape index (κ1) is 10.4. The fraction of sp³-hybridized carbons (Fsp3) is 0.583. The van der Waals surface area contributed by atoms with Gasteiger partial charge in [0.2, 0.25) is 0 Å². The zero-order chi connectivity index (χ0) is 10.7. The molecule has 0 saturated carbocycles. The van der Waals surface area contributed by atoms with Crippen LogP contribution in [0.3, 0.4) is 0 Å². The zero-order valence-corrected chi connectivity index (χ0v) is 9.53. The molecular weight excluding hydrogens is 186 g/mol. The number of nitrogens with zero attached hydrogens (tertiary/aromatic N) is 2. The second-order valence-electron chi connectivity index (χ2n) is 4.34. The van der Waals surface area contributed by atoms with E-state index in [1.54, 1.807) is 0 Å². The molecule has 1 aromatic heterocycles. The number of likely N-dealkylation sites (tertiary alicyclic amines) is 1. The summed E-state index contributed by atoms with van der Waals surface area (Å²) >= 11 is 0. The molecular formula is C12H19N3. The fourth-order valence-corrected chi connectivity index (χ4v) is 2.13. The first-order chi connectivity index (χ1) is 7.25. The van der Waals surface area contributed by atoms with Gasteiger partial charge in [-0.05, 0) is 45.5 Å². The van der Waals surface area contributed by atoms with Crippen LogP contribution in [0.5, 0.6) is 0 Å². The third kappa shape index (κ3) is 2.69. The van der Waals surface area contributed by atoms with Gasteiger partial charge in [0.25, 0.3) is 0 Å². The number of hydrogen-bond acceptors (Lipinski definition) is 3. The summed E-state index contributed by atoms with van der Waals surface area (Å²) in [6.45, 7) is 4.30. The molecule has 2 heterocycles. The maximum absolute atomic E-state index is 4.18. The molecule has 3 nitrogen and oxygen atoms in total. The maximum Gasteiger partial charge on any atom is 0.0393 e. The van der Waals surface area contributed by atoms with Crippen LogP contribution in [0.2, 0.25) is 0 Å². The molecule has 1 fully saturated rings. The van der Waals surface area contributed by atoms with Crippen molar-refractivity contribution in [3.8, 4) is 0 Å². The maximum atomic E-state index is 4.18. The van der Waals surface area contributed by atoms with Crippen molar-refractivity contribution in [3.63, 3.8) is 0 Å². The SMILES string of the molecule is Cc1cc(NCC2CCCN2C)ccn1. The highest BCUT2D eigenvalue weighted by Gasteiger charge is 2.19. The summed E-state index contributed by atoms with van der Waals surface area (Å²) in [4.78, 5) is 6.62. The molecule has 15 heavy (non-hydrogen) atoms. The van der Waals surface area contributed by atoms with Crippen LogP contribution in [0.4, 0.5) is 5.69 Å². The minimum atomic E-state index is 0.693. The van der Waals surface area contributed by atoms with E-state index in [4.69, 9.17) is 0 Å². The normalized spacial score (nSPS) is 21.9. The van der Waals surface area contributed by atoms with E-state index >= 15 is 0 Å². The van der Waals surface area contributed by atoms with Crippen LogP contribution in [-0.2, 0) is 0 Å². The first-order valence-electron chi connectivity index (χ1n) is 5.62. The monoisotopic (exact) mass is 205 g/mol. The Hall–Kier alpha value is -1.09. The number of likely N-dealkylation sites (N-methyl/N-ethyl adjacent to an activating group) is 1. The number of aryl methyl sites for hydroxylation is 1. The molecule has 1 atom stereocenters. The standard InChI is InChI=1S/C12H19N3/c1-10-8-11(5-6-13-10)14-9-12-4-3-7-15(12)2/h5-6,8,12H,3-4,7,9H2,1-2H3,(H,13,14). The lowest BCUT2D eigenvalue weighted by Crippen LogP contribution is -2.31. The second-order valence-corrected chi connectivity index (χ2v) is 4.34. The van der Waals surface area contributed by atoms with Crippen molar-refractivity contribution in [1.82, 2.24) is 9.88 Å². The summed E-state index contributed by atoms with van der Waals surface area (Å²) in [6, 6.07) is 4.81. The smallest absolute Gasteiger partial charge is 0.0393 e. The van der Waals surface area contributed by atoms with Crippen LogP contribution in [0.1, 0.15) is 18.5 Å². The van der Waals surface area contributed by atoms with Crippen molar-refractivity contribution in [1.29, 1.82) is 0 Å². The van der Waals surface area contributed by atoms with E-state index in [1.165, 1.54) is 25.1 Å². The Balaban J connectivity index is 1.87. The van der Waals surface area contributed by atoms with Gasteiger partial charge in [0, 0.05) is 30.2 Å². The molecule has 1 aliphatic heterocycles. The van der Waals surface area contributed by atoms with E-state index in [0.717, 1.165) is 12.2 Å². The van der Waals surface area contributed by atoms with Gasteiger partial charge in [-0.15, -0.1) is 0 Å².